The number of nitrogens with zero attached hydrogens (tertiary/aromatic N) is 3. The lowest BCUT2D eigenvalue weighted by Crippen LogP contribution is -2.39. The zero-order valence-electron chi connectivity index (χ0n) is 15.9. The molecule has 3 N–H and O–H groups in total. The van der Waals surface area contributed by atoms with Gasteiger partial charge in [0, 0.05) is 31.2 Å². The maximum Gasteiger partial charge on any atom is 0.0637 e. The van der Waals surface area contributed by atoms with Crippen LogP contribution in [0, 0.1) is 0 Å². The molecule has 4 heterocycles. The number of aromatic nitrogens is 2. The van der Waals surface area contributed by atoms with E-state index < -0.39 is 0 Å². The van der Waals surface area contributed by atoms with E-state index in [1.165, 1.54) is 16.7 Å². The third-order valence-electron chi connectivity index (χ3n) is 4.72. The Morgan fingerprint density at radius 2 is 1.92 bits per heavy atom. The molecule has 2 aromatic rings. The minimum absolute atomic E-state index is 0.259. The molecular weight excluding hydrogens is 310 g/mol. The summed E-state index contributed by atoms with van der Waals surface area (Å²) in [6.07, 6.45) is 7.82. The van der Waals surface area contributed by atoms with Crippen molar-refractivity contribution < 1.29 is 0 Å². The van der Waals surface area contributed by atoms with Gasteiger partial charge in [-0.2, -0.15) is 0 Å². The topological polar surface area (TPSA) is 67.1 Å². The molecule has 0 bridgehead atoms. The Hall–Kier alpha value is -1.82. The number of fused-ring (bicyclic) bond motifs is 2. The van der Waals surface area contributed by atoms with Gasteiger partial charge in [-0.05, 0) is 62.1 Å². The molecule has 0 aliphatic carbocycles. The predicted molar refractivity (Wildman–Crippen MR) is 103 cm³/mol. The minimum Gasteiger partial charge on any atom is -0.310 e. The number of rotatable bonds is 0. The lowest BCUT2D eigenvalue weighted by Gasteiger charge is -2.30. The van der Waals surface area contributed by atoms with Crippen molar-refractivity contribution in [2.75, 3.05) is 13.1 Å². The van der Waals surface area contributed by atoms with Crippen molar-refractivity contribution in [3.05, 3.63) is 59.2 Å². The molecule has 2 aromatic heterocycles. The van der Waals surface area contributed by atoms with Crippen LogP contribution in [0.2, 0.25) is 0 Å². The monoisotopic (exact) mass is 341 g/mol. The fourth-order valence-corrected chi connectivity index (χ4v) is 3.23. The highest BCUT2D eigenvalue weighted by atomic mass is 15.4. The van der Waals surface area contributed by atoms with E-state index in [1.54, 1.807) is 0 Å². The van der Waals surface area contributed by atoms with Crippen LogP contribution in [0.15, 0.2) is 36.8 Å². The van der Waals surface area contributed by atoms with Gasteiger partial charge in [-0.25, -0.2) is 5.01 Å². The van der Waals surface area contributed by atoms with Crippen LogP contribution >= 0.6 is 0 Å². The van der Waals surface area contributed by atoms with E-state index in [0.717, 1.165) is 31.6 Å². The second-order valence-corrected chi connectivity index (χ2v) is 6.21. The van der Waals surface area contributed by atoms with Crippen molar-refractivity contribution in [1.82, 2.24) is 20.3 Å². The predicted octanol–water partition coefficient (Wildman–Crippen LogP) is 3.19. The summed E-state index contributed by atoms with van der Waals surface area (Å²) in [5.41, 5.74) is 5.28. The summed E-state index contributed by atoms with van der Waals surface area (Å²) >= 11 is 0. The van der Waals surface area contributed by atoms with Crippen molar-refractivity contribution >= 4 is 0 Å². The van der Waals surface area contributed by atoms with Gasteiger partial charge in [-0.1, -0.05) is 19.9 Å². The van der Waals surface area contributed by atoms with Gasteiger partial charge < -0.3 is 5.32 Å². The molecule has 2 unspecified atom stereocenters. The molecule has 5 heteroatoms. The van der Waals surface area contributed by atoms with E-state index in [4.69, 9.17) is 5.84 Å². The van der Waals surface area contributed by atoms with Crippen LogP contribution in [0.25, 0.3) is 0 Å². The van der Waals surface area contributed by atoms with Crippen LogP contribution in [0.3, 0.4) is 0 Å². The summed E-state index contributed by atoms with van der Waals surface area (Å²) < 4.78 is 0. The van der Waals surface area contributed by atoms with Gasteiger partial charge in [-0.15, -0.1) is 0 Å². The second-order valence-electron chi connectivity index (χ2n) is 6.21. The average molecular weight is 342 g/mol. The van der Waals surface area contributed by atoms with Crippen molar-refractivity contribution in [2.45, 2.75) is 52.6 Å². The Bertz CT molecular complexity index is 658. The van der Waals surface area contributed by atoms with E-state index in [2.05, 4.69) is 41.3 Å². The van der Waals surface area contributed by atoms with Gasteiger partial charge in [0.2, 0.25) is 0 Å². The molecule has 25 heavy (non-hydrogen) atoms. The van der Waals surface area contributed by atoms with E-state index >= 15 is 0 Å². The Morgan fingerprint density at radius 1 is 1.12 bits per heavy atom. The zero-order valence-corrected chi connectivity index (χ0v) is 15.9. The summed E-state index contributed by atoms with van der Waals surface area (Å²) in [4.78, 5) is 8.44. The van der Waals surface area contributed by atoms with Gasteiger partial charge in [0.25, 0.3) is 0 Å². The van der Waals surface area contributed by atoms with Crippen LogP contribution < -0.4 is 11.2 Å². The first-order valence-electron chi connectivity index (χ1n) is 9.28. The second kappa shape index (κ2) is 9.61. The Kier molecular flexibility index (Phi) is 7.50. The van der Waals surface area contributed by atoms with Gasteiger partial charge in [0.15, 0.2) is 0 Å². The Labute approximate surface area is 151 Å². The summed E-state index contributed by atoms with van der Waals surface area (Å²) in [7, 11) is 0. The molecule has 0 fully saturated rings. The highest BCUT2D eigenvalue weighted by molar-refractivity contribution is 5.28. The van der Waals surface area contributed by atoms with Gasteiger partial charge in [0.05, 0.1) is 11.7 Å². The van der Waals surface area contributed by atoms with Gasteiger partial charge in [0.1, 0.15) is 0 Å². The van der Waals surface area contributed by atoms with E-state index in [0.29, 0.717) is 6.04 Å². The average Bonchev–Trinajstić information content (AvgIpc) is 2.68. The highest BCUT2D eigenvalue weighted by Crippen LogP contribution is 2.24. The molecule has 2 aliphatic rings. The fraction of sp³-hybridized carbons (Fsp3) is 0.500. The molecule has 0 saturated carbocycles. The van der Waals surface area contributed by atoms with E-state index in [1.807, 2.05) is 43.5 Å². The number of nitrogens with two attached hydrogens (primary N) is 1. The van der Waals surface area contributed by atoms with Crippen LogP contribution in [-0.4, -0.2) is 28.1 Å². The van der Waals surface area contributed by atoms with E-state index in [9.17, 15) is 0 Å². The van der Waals surface area contributed by atoms with Gasteiger partial charge in [-0.3, -0.25) is 15.8 Å². The summed E-state index contributed by atoms with van der Waals surface area (Å²) in [6.45, 7) is 10.3. The maximum atomic E-state index is 5.79. The van der Waals surface area contributed by atoms with Crippen LogP contribution in [0.4, 0.5) is 0 Å². The van der Waals surface area contributed by atoms with Gasteiger partial charge >= 0.3 is 0 Å². The van der Waals surface area contributed by atoms with Crippen molar-refractivity contribution in [2.24, 2.45) is 5.84 Å². The molecule has 0 spiro atoms. The smallest absolute Gasteiger partial charge is 0.0637 e. The molecule has 5 nitrogen and oxygen atoms in total. The fourth-order valence-electron chi connectivity index (χ4n) is 3.23. The molecule has 0 radical (unpaired) electrons. The number of hydrazine groups is 1. The Morgan fingerprint density at radius 3 is 2.68 bits per heavy atom. The lowest BCUT2D eigenvalue weighted by molar-refractivity contribution is 0.199. The largest absolute Gasteiger partial charge is 0.310 e. The van der Waals surface area contributed by atoms with Crippen molar-refractivity contribution in [3.8, 4) is 0 Å². The standard InChI is InChI=1S/C9H13N3.C9H12N2.C2H6/c1-7-9-8(3-2-5-11-9)4-6-12(7)10;1-7-9-6-10-4-2-8(9)3-5-11-7;1-2/h2-3,5,7H,4,6,10H2,1H3;2,4,6-7,11H,3,5H2,1H3;1-2H3. The maximum absolute atomic E-state index is 5.79. The molecule has 2 aliphatic heterocycles. The first kappa shape index (κ1) is 19.5. The first-order chi connectivity index (χ1) is 12.2. The molecule has 136 valence electrons. The number of pyridine rings is 2. The molecule has 2 atom stereocenters. The zero-order chi connectivity index (χ0) is 18.2. The molecule has 0 aromatic carbocycles. The third kappa shape index (κ3) is 4.84. The van der Waals surface area contributed by atoms with Crippen LogP contribution in [0.1, 0.15) is 62.2 Å². The highest BCUT2D eigenvalue weighted by Gasteiger charge is 2.21. The Balaban J connectivity index is 0.000000165. The minimum atomic E-state index is 0.259. The van der Waals surface area contributed by atoms with Crippen molar-refractivity contribution in [1.29, 1.82) is 0 Å². The normalized spacial score (nSPS) is 21.6. The molecular formula is C20H31N5. The quantitative estimate of drug-likeness (QED) is 0.720. The van der Waals surface area contributed by atoms with Crippen LogP contribution in [-0.2, 0) is 12.8 Å². The number of hydrogen-bond acceptors (Lipinski definition) is 5. The number of hydrogen-bond donors (Lipinski definition) is 2. The summed E-state index contributed by atoms with van der Waals surface area (Å²) in [6, 6.07) is 6.97. The van der Waals surface area contributed by atoms with Crippen LogP contribution in [0.5, 0.6) is 0 Å². The molecule has 0 saturated heterocycles. The first-order valence-corrected chi connectivity index (χ1v) is 9.28. The molecule has 4 rings (SSSR count). The van der Waals surface area contributed by atoms with Crippen molar-refractivity contribution in [3.63, 3.8) is 0 Å². The summed E-state index contributed by atoms with van der Waals surface area (Å²) in [5.74, 6) is 5.79. The number of nitrogens with one attached hydrogen (secondary N) is 1. The summed E-state index contributed by atoms with van der Waals surface area (Å²) in [5, 5.41) is 5.24. The molecule has 0 amide bonds. The van der Waals surface area contributed by atoms with E-state index in [-0.39, 0.29) is 6.04 Å². The lowest BCUT2D eigenvalue weighted by atomic mass is 9.98. The third-order valence-corrected chi connectivity index (χ3v) is 4.72. The SMILES string of the molecule is CC.CC1NCCc2ccncc21.CC1c2ncccc2CCN1N.